The predicted octanol–water partition coefficient (Wildman–Crippen LogP) is 2.86. The second-order valence-electron chi connectivity index (χ2n) is 7.66. The van der Waals surface area contributed by atoms with Gasteiger partial charge in [-0.25, -0.2) is 4.98 Å². The van der Waals surface area contributed by atoms with Gasteiger partial charge in [0.05, 0.1) is 25.2 Å². The average molecular weight is 359 g/mol. The maximum atomic E-state index is 6.15. The highest BCUT2D eigenvalue weighted by Crippen LogP contribution is 2.29. The van der Waals surface area contributed by atoms with Crippen LogP contribution in [0.1, 0.15) is 41.7 Å². The Balaban J connectivity index is 1.39. The van der Waals surface area contributed by atoms with Crippen molar-refractivity contribution >= 4 is 0 Å². The molecule has 26 heavy (non-hydrogen) atoms. The van der Waals surface area contributed by atoms with Crippen molar-refractivity contribution in [2.24, 2.45) is 13.0 Å². The molecule has 142 valence electrons. The summed E-state index contributed by atoms with van der Waals surface area (Å²) in [6, 6.07) is 4.10. The van der Waals surface area contributed by atoms with Gasteiger partial charge in [0.1, 0.15) is 11.5 Å². The first-order chi connectivity index (χ1) is 12.7. The van der Waals surface area contributed by atoms with E-state index in [9.17, 15) is 0 Å². The van der Waals surface area contributed by atoms with Crippen molar-refractivity contribution in [3.63, 3.8) is 0 Å². The monoisotopic (exact) mass is 359 g/mol. The van der Waals surface area contributed by atoms with Crippen LogP contribution in [0, 0.1) is 12.8 Å². The fourth-order valence-electron chi connectivity index (χ4n) is 4.14. The normalized spacial score (nSPS) is 21.8. The molecule has 0 aliphatic carbocycles. The van der Waals surface area contributed by atoms with Gasteiger partial charge in [0.2, 0.25) is 0 Å². The number of furan rings is 1. The fourth-order valence-corrected chi connectivity index (χ4v) is 4.14. The first-order valence-electron chi connectivity index (χ1n) is 9.62. The van der Waals surface area contributed by atoms with Gasteiger partial charge in [0.25, 0.3) is 0 Å². The molecule has 4 rings (SSSR count). The number of fused-ring (bicyclic) bond motifs is 1. The van der Waals surface area contributed by atoms with Crippen LogP contribution in [0.15, 0.2) is 22.9 Å². The van der Waals surface area contributed by atoms with Crippen LogP contribution in [0.25, 0.3) is 0 Å². The molecule has 0 saturated carbocycles. The minimum atomic E-state index is 0.349. The molecule has 1 fully saturated rings. The van der Waals surface area contributed by atoms with Crippen molar-refractivity contribution in [3.05, 3.63) is 41.4 Å². The molecule has 4 heterocycles. The molecule has 0 bridgehead atoms. The summed E-state index contributed by atoms with van der Waals surface area (Å²) in [5.41, 5.74) is 2.49. The summed E-state index contributed by atoms with van der Waals surface area (Å²) < 4.78 is 19.5. The van der Waals surface area contributed by atoms with Gasteiger partial charge in [-0.1, -0.05) is 0 Å². The molecule has 2 aromatic heterocycles. The zero-order valence-corrected chi connectivity index (χ0v) is 15.8. The average Bonchev–Trinajstić information content (AvgIpc) is 3.22. The molecule has 1 unspecified atom stereocenters. The molecule has 2 aliphatic heterocycles. The van der Waals surface area contributed by atoms with E-state index in [2.05, 4.69) is 27.6 Å². The minimum Gasteiger partial charge on any atom is -0.465 e. The Labute approximate surface area is 155 Å². The van der Waals surface area contributed by atoms with Crippen LogP contribution in [0.5, 0.6) is 0 Å². The molecular weight excluding hydrogens is 330 g/mol. The third-order valence-electron chi connectivity index (χ3n) is 5.49. The van der Waals surface area contributed by atoms with Crippen molar-refractivity contribution < 1.29 is 13.9 Å². The summed E-state index contributed by atoms with van der Waals surface area (Å²) in [4.78, 5) is 7.03. The summed E-state index contributed by atoms with van der Waals surface area (Å²) in [6.07, 6.45) is 4.16. The molecule has 2 aliphatic rings. The van der Waals surface area contributed by atoms with Gasteiger partial charge in [-0.15, -0.1) is 0 Å². The van der Waals surface area contributed by atoms with Crippen LogP contribution in [-0.2, 0) is 29.6 Å². The zero-order valence-electron chi connectivity index (χ0n) is 15.8. The summed E-state index contributed by atoms with van der Waals surface area (Å²) in [5, 5.41) is 0. The Morgan fingerprint density at radius 1 is 1.23 bits per heavy atom. The van der Waals surface area contributed by atoms with Crippen LogP contribution in [-0.4, -0.2) is 47.4 Å². The number of imidazole rings is 1. The third kappa shape index (κ3) is 4.03. The van der Waals surface area contributed by atoms with E-state index in [4.69, 9.17) is 13.9 Å². The van der Waals surface area contributed by atoms with Gasteiger partial charge in [0.15, 0.2) is 0 Å². The Kier molecular flexibility index (Phi) is 5.43. The highest BCUT2D eigenvalue weighted by molar-refractivity contribution is 5.22. The smallest absolute Gasteiger partial charge is 0.118 e. The lowest BCUT2D eigenvalue weighted by atomic mass is 9.98. The third-order valence-corrected chi connectivity index (χ3v) is 5.49. The van der Waals surface area contributed by atoms with Crippen LogP contribution < -0.4 is 0 Å². The van der Waals surface area contributed by atoms with E-state index in [0.717, 1.165) is 70.4 Å². The maximum absolute atomic E-state index is 6.15. The second kappa shape index (κ2) is 7.94. The molecule has 0 spiro atoms. The van der Waals surface area contributed by atoms with Crippen molar-refractivity contribution in [3.8, 4) is 0 Å². The first-order valence-corrected chi connectivity index (χ1v) is 9.62. The molecule has 0 aromatic carbocycles. The molecule has 0 amide bonds. The quantitative estimate of drug-likeness (QED) is 0.794. The summed E-state index contributed by atoms with van der Waals surface area (Å²) in [5.74, 6) is 2.97. The molecule has 6 heteroatoms. The first kappa shape index (κ1) is 17.8. The van der Waals surface area contributed by atoms with E-state index in [1.165, 1.54) is 11.4 Å². The van der Waals surface area contributed by atoms with E-state index >= 15 is 0 Å². The Morgan fingerprint density at radius 3 is 2.85 bits per heavy atom. The van der Waals surface area contributed by atoms with E-state index < -0.39 is 0 Å². The minimum absolute atomic E-state index is 0.349. The highest BCUT2D eigenvalue weighted by Gasteiger charge is 2.30. The largest absolute Gasteiger partial charge is 0.465 e. The molecule has 2 aromatic rings. The number of hydrogen-bond acceptors (Lipinski definition) is 5. The number of rotatable bonds is 6. The SMILES string of the molecule is Cc1ccc(CN2Cc3ncn(C)c3C(COCC3CCOCC3)C2)o1. The number of nitrogens with zero attached hydrogens (tertiary/aromatic N) is 3. The lowest BCUT2D eigenvalue weighted by Crippen LogP contribution is -2.36. The standard InChI is InChI=1S/C20H29N3O3/c1-15-3-4-18(26-15)10-23-9-17(20-19(11-23)21-14-22(20)2)13-25-12-16-5-7-24-8-6-16/h3-4,14,16-17H,5-13H2,1-2H3. The van der Waals surface area contributed by atoms with Gasteiger partial charge in [-0.05, 0) is 37.8 Å². The molecule has 1 atom stereocenters. The van der Waals surface area contributed by atoms with Crippen LogP contribution in [0.3, 0.4) is 0 Å². The van der Waals surface area contributed by atoms with Crippen LogP contribution in [0.4, 0.5) is 0 Å². The van der Waals surface area contributed by atoms with E-state index in [1.807, 2.05) is 19.3 Å². The Hall–Kier alpha value is -1.63. The van der Waals surface area contributed by atoms with E-state index in [0.29, 0.717) is 11.8 Å². The topological polar surface area (TPSA) is 52.7 Å². The van der Waals surface area contributed by atoms with Gasteiger partial charge in [-0.3, -0.25) is 4.90 Å². The van der Waals surface area contributed by atoms with Gasteiger partial charge in [-0.2, -0.15) is 0 Å². The Bertz CT molecular complexity index is 718. The number of aromatic nitrogens is 2. The lowest BCUT2D eigenvalue weighted by Gasteiger charge is -2.32. The molecule has 1 saturated heterocycles. The van der Waals surface area contributed by atoms with Crippen molar-refractivity contribution in [1.29, 1.82) is 0 Å². The number of ether oxygens (including phenoxy) is 2. The highest BCUT2D eigenvalue weighted by atomic mass is 16.5. The zero-order chi connectivity index (χ0) is 17.9. The van der Waals surface area contributed by atoms with Gasteiger partial charge < -0.3 is 18.5 Å². The Morgan fingerprint density at radius 2 is 2.08 bits per heavy atom. The number of aryl methyl sites for hydroxylation is 2. The molecule has 0 radical (unpaired) electrons. The van der Waals surface area contributed by atoms with E-state index in [-0.39, 0.29) is 0 Å². The van der Waals surface area contributed by atoms with E-state index in [1.54, 1.807) is 0 Å². The summed E-state index contributed by atoms with van der Waals surface area (Å²) >= 11 is 0. The fraction of sp³-hybridized carbons (Fsp3) is 0.650. The molecular formula is C20H29N3O3. The summed E-state index contributed by atoms with van der Waals surface area (Å²) in [6.45, 7) is 7.98. The second-order valence-corrected chi connectivity index (χ2v) is 7.66. The maximum Gasteiger partial charge on any atom is 0.118 e. The van der Waals surface area contributed by atoms with Gasteiger partial charge in [0, 0.05) is 51.6 Å². The van der Waals surface area contributed by atoms with Gasteiger partial charge >= 0.3 is 0 Å². The van der Waals surface area contributed by atoms with Crippen LogP contribution >= 0.6 is 0 Å². The lowest BCUT2D eigenvalue weighted by molar-refractivity contribution is 0.0125. The predicted molar refractivity (Wildman–Crippen MR) is 97.9 cm³/mol. The van der Waals surface area contributed by atoms with Crippen molar-refractivity contribution in [2.45, 2.75) is 38.8 Å². The summed E-state index contributed by atoms with van der Waals surface area (Å²) in [7, 11) is 2.09. The molecule has 0 N–H and O–H groups in total. The van der Waals surface area contributed by atoms with Crippen LogP contribution in [0.2, 0.25) is 0 Å². The van der Waals surface area contributed by atoms with Crippen molar-refractivity contribution in [1.82, 2.24) is 14.5 Å². The molecule has 6 nitrogen and oxygen atoms in total. The number of hydrogen-bond donors (Lipinski definition) is 0. The van der Waals surface area contributed by atoms with Crippen molar-refractivity contribution in [2.75, 3.05) is 33.0 Å².